The minimum atomic E-state index is -0.845. The van der Waals surface area contributed by atoms with E-state index in [4.69, 9.17) is 14.2 Å². The minimum Gasteiger partial charge on any atom is -0.462 e. The van der Waals surface area contributed by atoms with Crippen molar-refractivity contribution in [1.29, 1.82) is 0 Å². The number of esters is 3. The Morgan fingerprint density at radius 2 is 0.522 bits per heavy atom. The number of carbonyl (C=O) groups excluding carboxylic acids is 3. The fraction of sp³-hybridized carbons (Fsp3) is 0.413. The number of carbonyl (C=O) groups is 3. The van der Waals surface area contributed by atoms with E-state index in [1.165, 1.54) is 0 Å². The Labute approximate surface area is 419 Å². The van der Waals surface area contributed by atoms with Crippen LogP contribution in [-0.4, -0.2) is 37.2 Å². The van der Waals surface area contributed by atoms with Gasteiger partial charge in [-0.15, -0.1) is 0 Å². The van der Waals surface area contributed by atoms with Gasteiger partial charge in [-0.3, -0.25) is 14.4 Å². The first-order valence-electron chi connectivity index (χ1n) is 25.8. The van der Waals surface area contributed by atoms with Crippen molar-refractivity contribution in [2.75, 3.05) is 13.2 Å². The van der Waals surface area contributed by atoms with Gasteiger partial charge in [0.1, 0.15) is 13.2 Å². The van der Waals surface area contributed by atoms with E-state index in [-0.39, 0.29) is 44.0 Å². The average molecular weight is 941 g/mol. The highest BCUT2D eigenvalue weighted by molar-refractivity contribution is 5.71. The van der Waals surface area contributed by atoms with Crippen molar-refractivity contribution >= 4 is 17.9 Å². The second kappa shape index (κ2) is 54.6. The van der Waals surface area contributed by atoms with Crippen LogP contribution in [0.5, 0.6) is 0 Å². The number of ether oxygens (including phenoxy) is 3. The predicted molar refractivity (Wildman–Crippen MR) is 297 cm³/mol. The summed E-state index contributed by atoms with van der Waals surface area (Å²) >= 11 is 0. The van der Waals surface area contributed by atoms with E-state index < -0.39 is 6.10 Å². The van der Waals surface area contributed by atoms with Crippen molar-refractivity contribution in [3.8, 4) is 0 Å². The molecule has 0 aliphatic carbocycles. The lowest BCUT2D eigenvalue weighted by Gasteiger charge is -2.18. The molecule has 0 fully saturated rings. The van der Waals surface area contributed by atoms with E-state index in [1.807, 2.05) is 158 Å². The predicted octanol–water partition coefficient (Wildman–Crippen LogP) is 17.3. The van der Waals surface area contributed by atoms with Crippen molar-refractivity contribution < 1.29 is 28.6 Å². The number of unbranched alkanes of at least 4 members (excludes halogenated alkanes) is 11. The molecule has 0 aliphatic rings. The molecule has 376 valence electrons. The topological polar surface area (TPSA) is 78.9 Å². The van der Waals surface area contributed by atoms with Gasteiger partial charge in [0.15, 0.2) is 6.10 Å². The third-order valence-electron chi connectivity index (χ3n) is 9.71. The number of hydrogen-bond donors (Lipinski definition) is 0. The fourth-order valence-corrected chi connectivity index (χ4v) is 5.94. The molecule has 0 N–H and O–H groups in total. The maximum absolute atomic E-state index is 12.8. The van der Waals surface area contributed by atoms with Gasteiger partial charge < -0.3 is 14.2 Å². The molecule has 1 atom stereocenters. The van der Waals surface area contributed by atoms with Crippen molar-refractivity contribution in [2.45, 2.75) is 155 Å². The van der Waals surface area contributed by atoms with Gasteiger partial charge in [0.25, 0.3) is 0 Å². The first-order chi connectivity index (χ1) is 34.0. The summed E-state index contributed by atoms with van der Waals surface area (Å²) in [5, 5.41) is 0. The largest absolute Gasteiger partial charge is 0.462 e. The van der Waals surface area contributed by atoms with E-state index in [0.29, 0.717) is 19.3 Å². The maximum atomic E-state index is 12.8. The molecule has 0 saturated heterocycles. The van der Waals surface area contributed by atoms with Crippen molar-refractivity contribution in [2.24, 2.45) is 0 Å². The summed E-state index contributed by atoms with van der Waals surface area (Å²) in [6.45, 7) is 6.06. The van der Waals surface area contributed by atoms with Gasteiger partial charge in [-0.1, -0.05) is 259 Å². The Kier molecular flexibility index (Phi) is 49.8. The van der Waals surface area contributed by atoms with Crippen LogP contribution in [-0.2, 0) is 28.6 Å². The quantitative estimate of drug-likeness (QED) is 0.0263. The second-order valence-electron chi connectivity index (χ2n) is 16.0. The molecule has 0 aliphatic heterocycles. The minimum absolute atomic E-state index is 0.138. The van der Waals surface area contributed by atoms with Crippen LogP contribution in [0.2, 0.25) is 0 Å². The number of rotatable bonds is 42. The molecule has 0 rings (SSSR count). The summed E-state index contributed by atoms with van der Waals surface area (Å²) in [4.78, 5) is 38.1. The second-order valence-corrected chi connectivity index (χ2v) is 16.0. The van der Waals surface area contributed by atoms with Gasteiger partial charge >= 0.3 is 17.9 Å². The van der Waals surface area contributed by atoms with Crippen LogP contribution < -0.4 is 0 Å². The Morgan fingerprint density at radius 3 is 0.826 bits per heavy atom. The van der Waals surface area contributed by atoms with Crippen LogP contribution >= 0.6 is 0 Å². The van der Waals surface area contributed by atoms with Crippen LogP contribution in [0.4, 0.5) is 0 Å². The SMILES string of the molecule is CC\C=C/C=C\C=C/C=C\C=C\C=C/C=C\CCCCCC(=O)OCC(COC(=O)CCCCCCC\C=C/C=C\C=C/C=C\CC)OC(=O)CCCCC\C=C/C=C/C=C\C=C/C=C\C=C/CC. The zero-order valence-corrected chi connectivity index (χ0v) is 42.7. The summed E-state index contributed by atoms with van der Waals surface area (Å²) in [6.07, 6.45) is 85.1. The van der Waals surface area contributed by atoms with Gasteiger partial charge in [0, 0.05) is 19.3 Å². The zero-order chi connectivity index (χ0) is 50.0. The number of allylic oxidation sites excluding steroid dienone is 34. The molecule has 0 radical (unpaired) electrons. The first kappa shape index (κ1) is 63.0. The summed E-state index contributed by atoms with van der Waals surface area (Å²) < 4.78 is 16.7. The fourth-order valence-electron chi connectivity index (χ4n) is 5.94. The van der Waals surface area contributed by atoms with Crippen molar-refractivity contribution in [1.82, 2.24) is 0 Å². The van der Waals surface area contributed by atoms with Crippen molar-refractivity contribution in [3.05, 3.63) is 207 Å². The molecular weight excluding hydrogens is 853 g/mol. The van der Waals surface area contributed by atoms with Gasteiger partial charge in [-0.2, -0.15) is 0 Å². The van der Waals surface area contributed by atoms with E-state index in [1.54, 1.807) is 0 Å². The van der Waals surface area contributed by atoms with E-state index in [0.717, 1.165) is 96.3 Å². The molecule has 0 amide bonds. The summed E-state index contributed by atoms with van der Waals surface area (Å²) in [7, 11) is 0. The standard InChI is InChI=1S/C63H88O6/c1-4-7-10-13-16-19-22-25-28-30-31-33-35-38-41-44-47-50-53-56-62(65)68-59-60(58-67-61(64)55-52-49-46-43-40-37-34-27-24-21-18-15-12-9-6-3)69-63(66)57-54-51-48-45-42-39-36-32-29-26-23-20-17-14-11-8-5-2/h7-36,38-39,41-42,60H,4-6,37,40,43-59H2,1-3H3/b10-7-,11-8-,12-9-,16-13-,17-14-,18-15-,22-19-,23-20-,24-21-,28-25-,29-26-,31-30+,34-27-,35-33-,36-32+,41-38-,42-39-. The van der Waals surface area contributed by atoms with Gasteiger partial charge in [-0.25, -0.2) is 0 Å². The Bertz CT molecular complexity index is 1790. The van der Waals surface area contributed by atoms with Gasteiger partial charge in [-0.05, 0) is 77.0 Å². The molecule has 6 heteroatoms. The summed E-state index contributed by atoms with van der Waals surface area (Å²) in [5.74, 6) is -1.07. The molecular formula is C63H88O6. The lowest BCUT2D eigenvalue weighted by Crippen LogP contribution is -2.30. The Hall–Kier alpha value is -6.01. The molecule has 0 aromatic carbocycles. The summed E-state index contributed by atoms with van der Waals surface area (Å²) in [6, 6.07) is 0. The monoisotopic (exact) mass is 941 g/mol. The number of hydrogen-bond acceptors (Lipinski definition) is 6. The van der Waals surface area contributed by atoms with Crippen LogP contribution in [0.15, 0.2) is 207 Å². The molecule has 0 bridgehead atoms. The smallest absolute Gasteiger partial charge is 0.306 e. The van der Waals surface area contributed by atoms with Crippen LogP contribution in [0.25, 0.3) is 0 Å². The third kappa shape index (κ3) is 52.8. The van der Waals surface area contributed by atoms with E-state index >= 15 is 0 Å². The van der Waals surface area contributed by atoms with E-state index in [9.17, 15) is 14.4 Å². The normalized spacial score (nSPS) is 13.8. The van der Waals surface area contributed by atoms with Crippen LogP contribution in [0.1, 0.15) is 149 Å². The molecule has 0 heterocycles. The van der Waals surface area contributed by atoms with Gasteiger partial charge in [0.05, 0.1) is 0 Å². The highest BCUT2D eigenvalue weighted by Gasteiger charge is 2.19. The highest BCUT2D eigenvalue weighted by Crippen LogP contribution is 2.11. The molecule has 0 saturated carbocycles. The van der Waals surface area contributed by atoms with Gasteiger partial charge in [0.2, 0.25) is 0 Å². The maximum Gasteiger partial charge on any atom is 0.306 e. The Morgan fingerprint density at radius 1 is 0.290 bits per heavy atom. The molecule has 69 heavy (non-hydrogen) atoms. The molecule has 0 aromatic rings. The summed E-state index contributed by atoms with van der Waals surface area (Å²) in [5.41, 5.74) is 0. The zero-order valence-electron chi connectivity index (χ0n) is 42.7. The third-order valence-corrected chi connectivity index (χ3v) is 9.71. The van der Waals surface area contributed by atoms with Crippen molar-refractivity contribution in [3.63, 3.8) is 0 Å². The Balaban J connectivity index is 4.70. The molecule has 1 unspecified atom stereocenters. The average Bonchev–Trinajstić information content (AvgIpc) is 3.35. The molecule has 6 nitrogen and oxygen atoms in total. The van der Waals surface area contributed by atoms with Crippen LogP contribution in [0.3, 0.4) is 0 Å². The highest BCUT2D eigenvalue weighted by atomic mass is 16.6. The van der Waals surface area contributed by atoms with Crippen LogP contribution in [0, 0.1) is 0 Å². The lowest BCUT2D eigenvalue weighted by atomic mass is 10.1. The lowest BCUT2D eigenvalue weighted by molar-refractivity contribution is -0.167. The van der Waals surface area contributed by atoms with E-state index in [2.05, 4.69) is 69.4 Å². The molecule has 0 spiro atoms. The molecule has 0 aromatic heterocycles. The first-order valence-corrected chi connectivity index (χ1v) is 25.8.